The average Bonchev–Trinajstić information content (AvgIpc) is 2.60. The molecule has 0 spiro atoms. The van der Waals surface area contributed by atoms with E-state index in [0.717, 1.165) is 25.6 Å². The predicted molar refractivity (Wildman–Crippen MR) is 40.8 cm³/mol. The maximum atomic E-state index is 5.61. The van der Waals surface area contributed by atoms with E-state index in [9.17, 15) is 0 Å². The van der Waals surface area contributed by atoms with Gasteiger partial charge in [0.25, 0.3) is 0 Å². The summed E-state index contributed by atoms with van der Waals surface area (Å²) in [5.41, 5.74) is 5.61. The first kappa shape index (κ1) is 7.98. The highest BCUT2D eigenvalue weighted by atomic mass is 16.5. The Balaban J connectivity index is 1.78. The lowest BCUT2D eigenvalue weighted by atomic mass is 10.4. The van der Waals surface area contributed by atoms with E-state index in [0.29, 0.717) is 6.04 Å². The van der Waals surface area contributed by atoms with Gasteiger partial charge in [-0.1, -0.05) is 0 Å². The normalized spacial score (nSPS) is 30.6. The van der Waals surface area contributed by atoms with Crippen molar-refractivity contribution >= 4 is 0 Å². The minimum Gasteiger partial charge on any atom is -0.383 e. The van der Waals surface area contributed by atoms with Gasteiger partial charge < -0.3 is 15.8 Å². The highest BCUT2D eigenvalue weighted by Gasteiger charge is 2.32. The van der Waals surface area contributed by atoms with Crippen LogP contribution in [0.5, 0.6) is 0 Å². The van der Waals surface area contributed by atoms with Crippen LogP contribution in [-0.2, 0) is 4.74 Å². The van der Waals surface area contributed by atoms with Crippen molar-refractivity contribution in [2.45, 2.75) is 12.5 Å². The summed E-state index contributed by atoms with van der Waals surface area (Å²) in [5, 5.41) is 3.27. The molecule has 2 atom stereocenters. The Kier molecular flexibility index (Phi) is 3.12. The molecule has 0 aromatic carbocycles. The zero-order valence-electron chi connectivity index (χ0n) is 6.47. The second-order valence-corrected chi connectivity index (χ2v) is 2.86. The van der Waals surface area contributed by atoms with Gasteiger partial charge in [0.05, 0.1) is 6.61 Å². The summed E-state index contributed by atoms with van der Waals surface area (Å²) in [6.45, 7) is 2.80. The summed E-state index contributed by atoms with van der Waals surface area (Å²) in [4.78, 5) is 0. The van der Waals surface area contributed by atoms with Crippen LogP contribution >= 0.6 is 0 Å². The molecule has 0 radical (unpaired) electrons. The van der Waals surface area contributed by atoms with E-state index in [1.165, 1.54) is 6.42 Å². The molecule has 3 N–H and O–H groups in total. The van der Waals surface area contributed by atoms with Gasteiger partial charge in [0, 0.05) is 19.7 Å². The Morgan fingerprint density at radius 1 is 1.70 bits per heavy atom. The molecule has 0 aromatic heterocycles. The van der Waals surface area contributed by atoms with Crippen LogP contribution in [-0.4, -0.2) is 32.8 Å². The standard InChI is InChI=1S/C7H16N2O/c1-10-3-2-9-5-6-4-7(6)8/h6-7,9H,2-5,8H2,1H3/t6-,7-/m1/s1. The van der Waals surface area contributed by atoms with Gasteiger partial charge >= 0.3 is 0 Å². The molecule has 0 bridgehead atoms. The Hall–Kier alpha value is -0.120. The molecule has 0 heterocycles. The smallest absolute Gasteiger partial charge is 0.0587 e. The number of methoxy groups -OCH3 is 1. The molecule has 0 amide bonds. The van der Waals surface area contributed by atoms with Crippen molar-refractivity contribution in [1.82, 2.24) is 5.32 Å². The second kappa shape index (κ2) is 3.91. The summed E-state index contributed by atoms with van der Waals surface area (Å²) in [5.74, 6) is 0.733. The third-order valence-electron chi connectivity index (χ3n) is 1.87. The van der Waals surface area contributed by atoms with Crippen molar-refractivity contribution in [2.75, 3.05) is 26.8 Å². The molecule has 0 aromatic rings. The van der Waals surface area contributed by atoms with E-state index in [1.807, 2.05) is 0 Å². The molecule has 0 unspecified atom stereocenters. The van der Waals surface area contributed by atoms with E-state index < -0.39 is 0 Å². The number of nitrogens with one attached hydrogen (secondary N) is 1. The zero-order chi connectivity index (χ0) is 7.40. The molecule has 0 aliphatic heterocycles. The lowest BCUT2D eigenvalue weighted by Crippen LogP contribution is -2.23. The molecule has 1 fully saturated rings. The second-order valence-electron chi connectivity index (χ2n) is 2.86. The molecule has 1 saturated carbocycles. The van der Waals surface area contributed by atoms with Crippen molar-refractivity contribution in [1.29, 1.82) is 0 Å². The van der Waals surface area contributed by atoms with Crippen LogP contribution in [0.3, 0.4) is 0 Å². The van der Waals surface area contributed by atoms with Crippen LogP contribution in [0.25, 0.3) is 0 Å². The minimum atomic E-state index is 0.468. The highest BCUT2D eigenvalue weighted by Crippen LogP contribution is 2.26. The van der Waals surface area contributed by atoms with E-state index in [2.05, 4.69) is 5.32 Å². The van der Waals surface area contributed by atoms with Gasteiger partial charge in [-0.2, -0.15) is 0 Å². The van der Waals surface area contributed by atoms with E-state index in [-0.39, 0.29) is 0 Å². The largest absolute Gasteiger partial charge is 0.383 e. The molecule has 3 nitrogen and oxygen atoms in total. The fourth-order valence-corrected chi connectivity index (χ4v) is 0.967. The summed E-state index contributed by atoms with van der Waals surface area (Å²) in [6, 6.07) is 0.468. The van der Waals surface area contributed by atoms with E-state index >= 15 is 0 Å². The average molecular weight is 144 g/mol. The Labute approximate surface area is 61.9 Å². The molecule has 1 aliphatic rings. The number of hydrogen-bond acceptors (Lipinski definition) is 3. The fraction of sp³-hybridized carbons (Fsp3) is 1.00. The third-order valence-corrected chi connectivity index (χ3v) is 1.87. The zero-order valence-corrected chi connectivity index (χ0v) is 6.47. The van der Waals surface area contributed by atoms with Gasteiger partial charge in [0.15, 0.2) is 0 Å². The predicted octanol–water partition coefficient (Wildman–Crippen LogP) is -0.430. The minimum absolute atomic E-state index is 0.468. The van der Waals surface area contributed by atoms with Gasteiger partial charge in [0.1, 0.15) is 0 Å². The molecule has 1 rings (SSSR count). The van der Waals surface area contributed by atoms with Crippen LogP contribution in [0.4, 0.5) is 0 Å². The lowest BCUT2D eigenvalue weighted by molar-refractivity contribution is 0.199. The molecule has 0 saturated heterocycles. The Morgan fingerprint density at radius 3 is 2.90 bits per heavy atom. The lowest BCUT2D eigenvalue weighted by Gasteiger charge is -2.01. The van der Waals surface area contributed by atoms with Gasteiger partial charge in [-0.15, -0.1) is 0 Å². The number of hydrogen-bond donors (Lipinski definition) is 2. The van der Waals surface area contributed by atoms with Crippen LogP contribution < -0.4 is 11.1 Å². The van der Waals surface area contributed by atoms with Gasteiger partial charge in [-0.3, -0.25) is 0 Å². The summed E-state index contributed by atoms with van der Waals surface area (Å²) in [6.07, 6.45) is 1.19. The summed E-state index contributed by atoms with van der Waals surface area (Å²) < 4.78 is 4.88. The van der Waals surface area contributed by atoms with E-state index in [4.69, 9.17) is 10.5 Å². The molecular formula is C7H16N2O. The van der Waals surface area contributed by atoms with Gasteiger partial charge in [0.2, 0.25) is 0 Å². The highest BCUT2D eigenvalue weighted by molar-refractivity contribution is 4.91. The van der Waals surface area contributed by atoms with Crippen molar-refractivity contribution in [3.63, 3.8) is 0 Å². The molecular weight excluding hydrogens is 128 g/mol. The van der Waals surface area contributed by atoms with Crippen molar-refractivity contribution in [3.05, 3.63) is 0 Å². The Bertz CT molecular complexity index is 97.6. The quantitative estimate of drug-likeness (QED) is 0.515. The first-order chi connectivity index (χ1) is 4.84. The van der Waals surface area contributed by atoms with Crippen LogP contribution in [0, 0.1) is 5.92 Å². The molecule has 1 aliphatic carbocycles. The first-order valence-electron chi connectivity index (χ1n) is 3.80. The molecule has 10 heavy (non-hydrogen) atoms. The Morgan fingerprint density at radius 2 is 2.40 bits per heavy atom. The topological polar surface area (TPSA) is 47.3 Å². The number of nitrogens with two attached hydrogens (primary N) is 1. The summed E-state index contributed by atoms with van der Waals surface area (Å²) >= 11 is 0. The summed E-state index contributed by atoms with van der Waals surface area (Å²) in [7, 11) is 1.71. The van der Waals surface area contributed by atoms with Gasteiger partial charge in [-0.25, -0.2) is 0 Å². The van der Waals surface area contributed by atoms with Crippen LogP contribution in [0.1, 0.15) is 6.42 Å². The fourth-order valence-electron chi connectivity index (χ4n) is 0.967. The van der Waals surface area contributed by atoms with Crippen LogP contribution in [0.15, 0.2) is 0 Å². The van der Waals surface area contributed by atoms with Crippen molar-refractivity contribution in [3.8, 4) is 0 Å². The number of rotatable bonds is 5. The van der Waals surface area contributed by atoms with E-state index in [1.54, 1.807) is 7.11 Å². The molecule has 60 valence electrons. The van der Waals surface area contributed by atoms with Crippen molar-refractivity contribution in [2.24, 2.45) is 11.7 Å². The molecule has 3 heteroatoms. The SMILES string of the molecule is COCCNC[C@H]1C[C@H]1N. The third kappa shape index (κ3) is 2.64. The number of ether oxygens (including phenoxy) is 1. The van der Waals surface area contributed by atoms with Crippen molar-refractivity contribution < 1.29 is 4.74 Å². The van der Waals surface area contributed by atoms with Crippen LogP contribution in [0.2, 0.25) is 0 Å². The monoisotopic (exact) mass is 144 g/mol. The maximum absolute atomic E-state index is 5.61. The maximum Gasteiger partial charge on any atom is 0.0587 e. The first-order valence-corrected chi connectivity index (χ1v) is 3.80. The van der Waals surface area contributed by atoms with Gasteiger partial charge in [-0.05, 0) is 18.9 Å².